The van der Waals surface area contributed by atoms with E-state index in [4.69, 9.17) is 4.42 Å². The van der Waals surface area contributed by atoms with Crippen LogP contribution in [0.25, 0.3) is 10.9 Å². The summed E-state index contributed by atoms with van der Waals surface area (Å²) in [5.41, 5.74) is 0.283. The number of aromatic nitrogens is 1. The van der Waals surface area contributed by atoms with Crippen molar-refractivity contribution in [3.8, 4) is 0 Å². The Morgan fingerprint density at radius 1 is 1.33 bits per heavy atom. The van der Waals surface area contributed by atoms with Crippen LogP contribution in [-0.4, -0.2) is 29.2 Å². The molecule has 0 radical (unpaired) electrons. The fourth-order valence-electron chi connectivity index (χ4n) is 2.14. The van der Waals surface area contributed by atoms with E-state index in [0.29, 0.717) is 16.7 Å². The van der Waals surface area contributed by atoms with Crippen molar-refractivity contribution < 1.29 is 14.1 Å². The quantitative estimate of drug-likeness (QED) is 0.417. The number of rotatable bonds is 3. The Kier molecular flexibility index (Phi) is 4.02. The molecule has 3 rings (SSSR count). The summed E-state index contributed by atoms with van der Waals surface area (Å²) >= 11 is 0. The summed E-state index contributed by atoms with van der Waals surface area (Å²) in [6, 6.07) is 10.9. The fourth-order valence-corrected chi connectivity index (χ4v) is 2.14. The first kappa shape index (κ1) is 15.3. The standard InChI is InChI=1S/C16H12N4O4/c1-19(16(21)17-10-12-6-4-8-24-12)15-14(20(22)23)9-11-5-2-3-7-13(11)18-15/h2-10H,1H3. The molecule has 1 aromatic carbocycles. The van der Waals surface area contributed by atoms with Crippen LogP contribution < -0.4 is 4.90 Å². The van der Waals surface area contributed by atoms with Gasteiger partial charge in [0, 0.05) is 18.5 Å². The predicted molar refractivity (Wildman–Crippen MR) is 88.5 cm³/mol. The molecule has 0 saturated carbocycles. The molecule has 24 heavy (non-hydrogen) atoms. The lowest BCUT2D eigenvalue weighted by molar-refractivity contribution is -0.384. The maximum absolute atomic E-state index is 12.2. The number of aliphatic imine (C=N–C) groups is 1. The number of anilines is 1. The Morgan fingerprint density at radius 3 is 2.83 bits per heavy atom. The summed E-state index contributed by atoms with van der Waals surface area (Å²) in [6.07, 6.45) is 2.69. The van der Waals surface area contributed by atoms with Gasteiger partial charge in [-0.25, -0.2) is 9.78 Å². The number of hydrogen-bond acceptors (Lipinski definition) is 5. The minimum Gasteiger partial charge on any atom is -0.463 e. The summed E-state index contributed by atoms with van der Waals surface area (Å²) in [4.78, 5) is 31.9. The van der Waals surface area contributed by atoms with Crippen LogP contribution >= 0.6 is 0 Å². The van der Waals surface area contributed by atoms with E-state index in [2.05, 4.69) is 9.98 Å². The summed E-state index contributed by atoms with van der Waals surface area (Å²) in [7, 11) is 1.38. The number of furan rings is 1. The van der Waals surface area contributed by atoms with Gasteiger partial charge in [0.1, 0.15) is 5.76 Å². The zero-order valence-corrected chi connectivity index (χ0v) is 12.6. The van der Waals surface area contributed by atoms with Gasteiger partial charge < -0.3 is 4.42 Å². The van der Waals surface area contributed by atoms with Crippen molar-refractivity contribution in [3.05, 3.63) is 64.6 Å². The average molecular weight is 324 g/mol. The third-order valence-corrected chi connectivity index (χ3v) is 3.33. The number of amides is 2. The predicted octanol–water partition coefficient (Wildman–Crippen LogP) is 3.41. The second kappa shape index (κ2) is 6.29. The van der Waals surface area contributed by atoms with E-state index < -0.39 is 11.0 Å². The third kappa shape index (κ3) is 2.98. The smallest absolute Gasteiger partial charge is 0.349 e. The van der Waals surface area contributed by atoms with Crippen LogP contribution in [0.15, 0.2) is 58.1 Å². The zero-order chi connectivity index (χ0) is 17.1. The summed E-state index contributed by atoms with van der Waals surface area (Å²) in [6.45, 7) is 0. The van der Waals surface area contributed by atoms with Crippen LogP contribution in [0.2, 0.25) is 0 Å². The molecule has 0 aliphatic heterocycles. The van der Waals surface area contributed by atoms with Gasteiger partial charge in [-0.3, -0.25) is 15.0 Å². The lowest BCUT2D eigenvalue weighted by atomic mass is 10.2. The highest BCUT2D eigenvalue weighted by Gasteiger charge is 2.23. The number of fused-ring (bicyclic) bond motifs is 1. The number of carbonyl (C=O) groups excluding carboxylic acids is 1. The van der Waals surface area contributed by atoms with Crippen LogP contribution in [0.4, 0.5) is 16.3 Å². The van der Waals surface area contributed by atoms with Gasteiger partial charge in [0.25, 0.3) is 0 Å². The van der Waals surface area contributed by atoms with Gasteiger partial charge in [0.15, 0.2) is 0 Å². The van der Waals surface area contributed by atoms with E-state index in [0.717, 1.165) is 4.90 Å². The molecular weight excluding hydrogens is 312 g/mol. The lowest BCUT2D eigenvalue weighted by Crippen LogP contribution is -2.25. The normalized spacial score (nSPS) is 11.0. The zero-order valence-electron chi connectivity index (χ0n) is 12.6. The Hall–Kier alpha value is -3.55. The topological polar surface area (TPSA) is 102 Å². The molecule has 0 atom stereocenters. The molecule has 120 valence electrons. The van der Waals surface area contributed by atoms with Crippen LogP contribution in [0.1, 0.15) is 5.76 Å². The number of pyridine rings is 1. The highest BCUT2D eigenvalue weighted by Crippen LogP contribution is 2.29. The first-order valence-corrected chi connectivity index (χ1v) is 6.95. The highest BCUT2D eigenvalue weighted by atomic mass is 16.6. The third-order valence-electron chi connectivity index (χ3n) is 3.33. The van der Waals surface area contributed by atoms with Gasteiger partial charge >= 0.3 is 11.7 Å². The Morgan fingerprint density at radius 2 is 2.12 bits per heavy atom. The fraction of sp³-hybridized carbons (Fsp3) is 0.0625. The van der Waals surface area contributed by atoms with Crippen LogP contribution in [0.3, 0.4) is 0 Å². The SMILES string of the molecule is CN(C(=O)N=Cc1ccco1)c1nc2ccccc2cc1[N+](=O)[O-]. The highest BCUT2D eigenvalue weighted by molar-refractivity contribution is 6.00. The molecule has 0 unspecified atom stereocenters. The number of nitrogens with zero attached hydrogens (tertiary/aromatic N) is 4. The van der Waals surface area contributed by atoms with Crippen molar-refractivity contribution in [1.82, 2.24) is 4.98 Å². The molecule has 0 saturated heterocycles. The average Bonchev–Trinajstić information content (AvgIpc) is 3.11. The van der Waals surface area contributed by atoms with Crippen molar-refractivity contribution >= 4 is 34.7 Å². The van der Waals surface area contributed by atoms with Gasteiger partial charge in [-0.2, -0.15) is 4.99 Å². The van der Waals surface area contributed by atoms with E-state index in [9.17, 15) is 14.9 Å². The minimum absolute atomic E-state index is 0.0692. The van der Waals surface area contributed by atoms with Crippen molar-refractivity contribution in [3.63, 3.8) is 0 Å². The molecule has 2 amide bonds. The lowest BCUT2D eigenvalue weighted by Gasteiger charge is -2.13. The molecule has 2 aromatic heterocycles. The number of benzene rings is 1. The molecule has 0 bridgehead atoms. The molecule has 0 fully saturated rings. The molecule has 8 heteroatoms. The number of para-hydroxylation sites is 1. The Labute approximate surface area is 136 Å². The number of carbonyl (C=O) groups is 1. The van der Waals surface area contributed by atoms with Gasteiger partial charge in [0.2, 0.25) is 5.82 Å². The maximum Gasteiger partial charge on any atom is 0.349 e. The second-order valence-corrected chi connectivity index (χ2v) is 4.90. The Balaban J connectivity index is 1.98. The van der Waals surface area contributed by atoms with Gasteiger partial charge in [0.05, 0.1) is 22.9 Å². The van der Waals surface area contributed by atoms with E-state index in [1.165, 1.54) is 25.6 Å². The molecule has 3 aromatic rings. The molecule has 2 heterocycles. The van der Waals surface area contributed by atoms with E-state index in [1.54, 1.807) is 36.4 Å². The molecule has 0 N–H and O–H groups in total. The summed E-state index contributed by atoms with van der Waals surface area (Å²) in [5.74, 6) is 0.331. The number of hydrogen-bond donors (Lipinski definition) is 0. The largest absolute Gasteiger partial charge is 0.463 e. The van der Waals surface area contributed by atoms with E-state index in [1.807, 2.05) is 0 Å². The Bertz CT molecular complexity index is 934. The number of nitro groups is 1. The van der Waals surface area contributed by atoms with E-state index >= 15 is 0 Å². The minimum atomic E-state index is -0.697. The summed E-state index contributed by atoms with van der Waals surface area (Å²) in [5, 5.41) is 11.9. The summed E-state index contributed by atoms with van der Waals surface area (Å²) < 4.78 is 5.05. The van der Waals surface area contributed by atoms with Gasteiger partial charge in [-0.05, 0) is 18.2 Å². The van der Waals surface area contributed by atoms with Crippen LogP contribution in [0.5, 0.6) is 0 Å². The van der Waals surface area contributed by atoms with Gasteiger partial charge in [-0.1, -0.05) is 18.2 Å². The molecule has 0 aliphatic carbocycles. The maximum atomic E-state index is 12.2. The van der Waals surface area contributed by atoms with Gasteiger partial charge in [-0.15, -0.1) is 0 Å². The van der Waals surface area contributed by atoms with Crippen molar-refractivity contribution in [1.29, 1.82) is 0 Å². The first-order valence-electron chi connectivity index (χ1n) is 6.95. The van der Waals surface area contributed by atoms with Crippen LogP contribution in [-0.2, 0) is 0 Å². The monoisotopic (exact) mass is 324 g/mol. The number of urea groups is 1. The van der Waals surface area contributed by atoms with Crippen LogP contribution in [0, 0.1) is 10.1 Å². The molecule has 0 aliphatic rings. The van der Waals surface area contributed by atoms with Crippen molar-refractivity contribution in [2.24, 2.45) is 4.99 Å². The van der Waals surface area contributed by atoms with Crippen molar-refractivity contribution in [2.75, 3.05) is 11.9 Å². The molecular formula is C16H12N4O4. The molecule has 8 nitrogen and oxygen atoms in total. The second-order valence-electron chi connectivity index (χ2n) is 4.90. The molecule has 0 spiro atoms. The van der Waals surface area contributed by atoms with Crippen molar-refractivity contribution in [2.45, 2.75) is 0 Å². The van der Waals surface area contributed by atoms with E-state index in [-0.39, 0.29) is 11.5 Å². The first-order chi connectivity index (χ1) is 11.6.